The second-order valence-corrected chi connectivity index (χ2v) is 6.55. The summed E-state index contributed by atoms with van der Waals surface area (Å²) >= 11 is 0. The van der Waals surface area contributed by atoms with E-state index in [1.165, 1.54) is 5.39 Å². The van der Waals surface area contributed by atoms with Crippen molar-refractivity contribution < 1.29 is 4.79 Å². The number of amides is 1. The fraction of sp³-hybridized carbons (Fsp3) is 0.136. The highest BCUT2D eigenvalue weighted by molar-refractivity contribution is 5.85. The number of aryl methyl sites for hydroxylation is 1. The van der Waals surface area contributed by atoms with Crippen molar-refractivity contribution in [3.8, 4) is 0 Å². The van der Waals surface area contributed by atoms with Crippen LogP contribution in [-0.2, 0) is 11.2 Å². The number of rotatable bonds is 5. The predicted molar refractivity (Wildman–Crippen MR) is 105 cm³/mol. The van der Waals surface area contributed by atoms with E-state index in [9.17, 15) is 4.79 Å². The van der Waals surface area contributed by atoms with Gasteiger partial charge in [-0.05, 0) is 28.8 Å². The maximum atomic E-state index is 12.7. The molecule has 0 bridgehead atoms. The van der Waals surface area contributed by atoms with Crippen molar-refractivity contribution in [1.82, 2.24) is 20.5 Å². The van der Waals surface area contributed by atoms with Gasteiger partial charge in [-0.3, -0.25) is 9.89 Å². The van der Waals surface area contributed by atoms with Gasteiger partial charge in [-0.1, -0.05) is 72.8 Å². The third kappa shape index (κ3) is 3.87. The Kier molecular flexibility index (Phi) is 4.66. The molecule has 0 saturated carbocycles. The molecule has 0 aliphatic carbocycles. The lowest BCUT2D eigenvalue weighted by molar-refractivity contribution is -0.121. The van der Waals surface area contributed by atoms with Gasteiger partial charge in [0.15, 0.2) is 5.82 Å². The second-order valence-electron chi connectivity index (χ2n) is 6.55. The lowest BCUT2D eigenvalue weighted by atomic mass is 10.0. The Morgan fingerprint density at radius 3 is 2.48 bits per heavy atom. The van der Waals surface area contributed by atoms with Gasteiger partial charge in [-0.2, -0.15) is 5.10 Å². The highest BCUT2D eigenvalue weighted by Crippen LogP contribution is 2.20. The Balaban J connectivity index is 1.56. The molecule has 5 nitrogen and oxygen atoms in total. The molecule has 4 aromatic rings. The summed E-state index contributed by atoms with van der Waals surface area (Å²) in [4.78, 5) is 17.1. The monoisotopic (exact) mass is 356 g/mol. The molecular weight excluding hydrogens is 336 g/mol. The SMILES string of the molecule is Cc1nc(C(NC(=O)Cc2ccc3ccccc3c2)c2ccccc2)n[nH]1. The molecule has 3 aromatic carbocycles. The third-order valence-electron chi connectivity index (χ3n) is 4.49. The number of nitrogens with one attached hydrogen (secondary N) is 2. The van der Waals surface area contributed by atoms with Crippen LogP contribution >= 0.6 is 0 Å². The van der Waals surface area contributed by atoms with E-state index in [0.717, 1.165) is 22.3 Å². The van der Waals surface area contributed by atoms with Crippen LogP contribution in [0.25, 0.3) is 10.8 Å². The summed E-state index contributed by atoms with van der Waals surface area (Å²) in [6, 6.07) is 23.6. The standard InChI is InChI=1S/C22H20N4O/c1-15-23-22(26-25-15)21(18-8-3-2-4-9-18)24-20(27)14-16-11-12-17-7-5-6-10-19(17)13-16/h2-13,21H,14H2,1H3,(H,24,27)(H,23,25,26). The molecule has 0 aliphatic heterocycles. The molecule has 134 valence electrons. The van der Waals surface area contributed by atoms with E-state index >= 15 is 0 Å². The van der Waals surface area contributed by atoms with Crippen LogP contribution in [0.4, 0.5) is 0 Å². The number of H-pyrrole nitrogens is 1. The molecule has 2 N–H and O–H groups in total. The van der Waals surface area contributed by atoms with Crippen LogP contribution in [0.2, 0.25) is 0 Å². The minimum Gasteiger partial charge on any atom is -0.342 e. The van der Waals surface area contributed by atoms with Crippen LogP contribution in [0, 0.1) is 6.92 Å². The zero-order valence-corrected chi connectivity index (χ0v) is 15.0. The van der Waals surface area contributed by atoms with Crippen molar-refractivity contribution in [3.05, 3.63) is 95.6 Å². The molecule has 0 fully saturated rings. The van der Waals surface area contributed by atoms with Crippen LogP contribution in [-0.4, -0.2) is 21.1 Å². The van der Waals surface area contributed by atoms with Crippen LogP contribution in [0.15, 0.2) is 72.8 Å². The van der Waals surface area contributed by atoms with Crippen LogP contribution < -0.4 is 5.32 Å². The molecule has 0 aliphatic rings. The average molecular weight is 356 g/mol. The number of fused-ring (bicyclic) bond motifs is 1. The number of aromatic nitrogens is 3. The van der Waals surface area contributed by atoms with E-state index < -0.39 is 0 Å². The van der Waals surface area contributed by atoms with Gasteiger partial charge in [0.2, 0.25) is 5.91 Å². The first kappa shape index (κ1) is 17.0. The topological polar surface area (TPSA) is 70.7 Å². The first-order chi connectivity index (χ1) is 13.2. The van der Waals surface area contributed by atoms with Crippen molar-refractivity contribution in [1.29, 1.82) is 0 Å². The Morgan fingerprint density at radius 2 is 1.74 bits per heavy atom. The van der Waals surface area contributed by atoms with Gasteiger partial charge in [0.1, 0.15) is 11.9 Å². The summed E-state index contributed by atoms with van der Waals surface area (Å²) in [6.45, 7) is 1.84. The van der Waals surface area contributed by atoms with Gasteiger partial charge in [-0.25, -0.2) is 4.98 Å². The quantitative estimate of drug-likeness (QED) is 0.573. The molecule has 1 unspecified atom stereocenters. The van der Waals surface area contributed by atoms with Crippen LogP contribution in [0.5, 0.6) is 0 Å². The van der Waals surface area contributed by atoms with Gasteiger partial charge in [0, 0.05) is 0 Å². The summed E-state index contributed by atoms with van der Waals surface area (Å²) in [5, 5.41) is 12.5. The summed E-state index contributed by atoms with van der Waals surface area (Å²) < 4.78 is 0. The van der Waals surface area contributed by atoms with Gasteiger partial charge in [0.05, 0.1) is 6.42 Å². The number of benzene rings is 3. The largest absolute Gasteiger partial charge is 0.342 e. The fourth-order valence-corrected chi connectivity index (χ4v) is 3.18. The van der Waals surface area contributed by atoms with E-state index in [2.05, 4.69) is 38.7 Å². The zero-order valence-electron chi connectivity index (χ0n) is 15.0. The molecule has 0 radical (unpaired) electrons. The first-order valence-corrected chi connectivity index (χ1v) is 8.90. The van der Waals surface area contributed by atoms with E-state index in [1.54, 1.807) is 0 Å². The zero-order chi connectivity index (χ0) is 18.6. The molecule has 1 amide bonds. The molecule has 1 atom stereocenters. The molecular formula is C22H20N4O. The predicted octanol–water partition coefficient (Wildman–Crippen LogP) is 3.71. The average Bonchev–Trinajstić information content (AvgIpc) is 3.13. The third-order valence-corrected chi connectivity index (χ3v) is 4.49. The molecule has 1 aromatic heterocycles. The van der Waals surface area contributed by atoms with Gasteiger partial charge < -0.3 is 5.32 Å². The fourth-order valence-electron chi connectivity index (χ4n) is 3.18. The van der Waals surface area contributed by atoms with Crippen LogP contribution in [0.1, 0.15) is 28.8 Å². The molecule has 1 heterocycles. The highest BCUT2D eigenvalue weighted by Gasteiger charge is 2.20. The minimum atomic E-state index is -0.385. The van der Waals surface area contributed by atoms with Gasteiger partial charge >= 0.3 is 0 Å². The smallest absolute Gasteiger partial charge is 0.225 e. The number of hydrogen-bond acceptors (Lipinski definition) is 3. The normalized spacial score (nSPS) is 12.0. The minimum absolute atomic E-state index is 0.0680. The number of hydrogen-bond donors (Lipinski definition) is 2. The van der Waals surface area contributed by atoms with E-state index in [0.29, 0.717) is 12.2 Å². The number of aromatic amines is 1. The van der Waals surface area contributed by atoms with E-state index in [1.807, 2.05) is 61.5 Å². The van der Waals surface area contributed by atoms with Crippen molar-refractivity contribution >= 4 is 16.7 Å². The Labute approximate surface area is 157 Å². The lowest BCUT2D eigenvalue weighted by Gasteiger charge is -2.16. The molecule has 4 rings (SSSR count). The maximum Gasteiger partial charge on any atom is 0.225 e. The Bertz CT molecular complexity index is 1070. The van der Waals surface area contributed by atoms with E-state index in [-0.39, 0.29) is 11.9 Å². The maximum absolute atomic E-state index is 12.7. The summed E-state index contributed by atoms with van der Waals surface area (Å²) in [7, 11) is 0. The van der Waals surface area contributed by atoms with Gasteiger partial charge in [-0.15, -0.1) is 0 Å². The molecule has 27 heavy (non-hydrogen) atoms. The summed E-state index contributed by atoms with van der Waals surface area (Å²) in [5.41, 5.74) is 1.92. The first-order valence-electron chi connectivity index (χ1n) is 8.90. The van der Waals surface area contributed by atoms with Crippen molar-refractivity contribution in [2.45, 2.75) is 19.4 Å². The molecule has 0 saturated heterocycles. The summed E-state index contributed by atoms with van der Waals surface area (Å²) in [5.74, 6) is 1.21. The van der Waals surface area contributed by atoms with Crippen molar-refractivity contribution in [3.63, 3.8) is 0 Å². The number of nitrogens with zero attached hydrogens (tertiary/aromatic N) is 2. The second kappa shape index (κ2) is 7.41. The number of carbonyl (C=O) groups excluding carboxylic acids is 1. The highest BCUT2D eigenvalue weighted by atomic mass is 16.1. The Morgan fingerprint density at radius 1 is 1.00 bits per heavy atom. The Hall–Kier alpha value is -3.47. The van der Waals surface area contributed by atoms with Crippen molar-refractivity contribution in [2.75, 3.05) is 0 Å². The van der Waals surface area contributed by atoms with E-state index in [4.69, 9.17) is 0 Å². The van der Waals surface area contributed by atoms with Gasteiger partial charge in [0.25, 0.3) is 0 Å². The lowest BCUT2D eigenvalue weighted by Crippen LogP contribution is -2.31. The van der Waals surface area contributed by atoms with Crippen molar-refractivity contribution in [2.24, 2.45) is 0 Å². The van der Waals surface area contributed by atoms with Crippen LogP contribution in [0.3, 0.4) is 0 Å². The molecule has 0 spiro atoms. The molecule has 5 heteroatoms. The number of carbonyl (C=O) groups is 1. The summed E-state index contributed by atoms with van der Waals surface area (Å²) in [6.07, 6.45) is 0.303.